The van der Waals surface area contributed by atoms with Crippen LogP contribution in [0.25, 0.3) is 0 Å². The van der Waals surface area contributed by atoms with Crippen LogP contribution in [0, 0.1) is 10.1 Å². The van der Waals surface area contributed by atoms with Gasteiger partial charge >= 0.3 is 6.03 Å². The predicted molar refractivity (Wildman–Crippen MR) is 102 cm³/mol. The van der Waals surface area contributed by atoms with E-state index in [2.05, 4.69) is 10.2 Å². The number of hydrogen-bond acceptors (Lipinski definition) is 4. The molecule has 1 N–H and O–H groups in total. The Balaban J connectivity index is 1.57. The van der Waals surface area contributed by atoms with Gasteiger partial charge in [-0.3, -0.25) is 10.1 Å². The van der Waals surface area contributed by atoms with Crippen LogP contribution in [-0.4, -0.2) is 42.0 Å². The lowest BCUT2D eigenvalue weighted by Crippen LogP contribution is -2.50. The zero-order valence-electron chi connectivity index (χ0n) is 13.7. The van der Waals surface area contributed by atoms with Gasteiger partial charge in [0.2, 0.25) is 0 Å². The fourth-order valence-corrected chi connectivity index (χ4v) is 3.19. The molecule has 0 bridgehead atoms. The summed E-state index contributed by atoms with van der Waals surface area (Å²) in [5.41, 5.74) is 1.47. The van der Waals surface area contributed by atoms with E-state index in [0.717, 1.165) is 5.69 Å². The lowest BCUT2D eigenvalue weighted by atomic mass is 10.2. The molecule has 136 valence electrons. The number of non-ortho nitro benzene ring substituents is 1. The molecule has 1 fully saturated rings. The number of piperazine rings is 1. The molecule has 0 unspecified atom stereocenters. The number of carbonyl (C=O) groups excluding carboxylic acids is 1. The Labute approximate surface area is 160 Å². The van der Waals surface area contributed by atoms with Crippen LogP contribution in [0.5, 0.6) is 0 Å². The molecule has 0 radical (unpaired) electrons. The highest BCUT2D eigenvalue weighted by molar-refractivity contribution is 6.36. The summed E-state index contributed by atoms with van der Waals surface area (Å²) in [7, 11) is 0. The lowest BCUT2D eigenvalue weighted by molar-refractivity contribution is -0.384. The van der Waals surface area contributed by atoms with Gasteiger partial charge in [-0.05, 0) is 30.3 Å². The molecule has 0 atom stereocenters. The molecule has 0 aliphatic carbocycles. The number of nitrogens with zero attached hydrogens (tertiary/aromatic N) is 3. The summed E-state index contributed by atoms with van der Waals surface area (Å²) in [6, 6.07) is 11.1. The lowest BCUT2D eigenvalue weighted by Gasteiger charge is -2.36. The Morgan fingerprint density at radius 3 is 2.27 bits per heavy atom. The zero-order valence-corrected chi connectivity index (χ0v) is 15.2. The van der Waals surface area contributed by atoms with E-state index < -0.39 is 4.92 Å². The number of rotatable bonds is 3. The Morgan fingerprint density at radius 1 is 1.04 bits per heavy atom. The summed E-state index contributed by atoms with van der Waals surface area (Å²) < 4.78 is 0. The molecule has 0 saturated carbocycles. The highest BCUT2D eigenvalue weighted by Crippen LogP contribution is 2.26. The molecule has 1 aliphatic rings. The monoisotopic (exact) mass is 394 g/mol. The van der Waals surface area contributed by atoms with E-state index in [1.165, 1.54) is 12.1 Å². The first-order chi connectivity index (χ1) is 12.4. The maximum Gasteiger partial charge on any atom is 0.322 e. The van der Waals surface area contributed by atoms with Crippen LogP contribution in [0.3, 0.4) is 0 Å². The van der Waals surface area contributed by atoms with Gasteiger partial charge in [0.1, 0.15) is 0 Å². The number of hydrogen-bond donors (Lipinski definition) is 1. The minimum absolute atomic E-state index is 0.0617. The molecule has 7 nitrogen and oxygen atoms in total. The third-order valence-corrected chi connectivity index (χ3v) is 4.71. The molecule has 3 rings (SSSR count). The second kappa shape index (κ2) is 7.80. The van der Waals surface area contributed by atoms with Crippen molar-refractivity contribution in [3.63, 3.8) is 0 Å². The second-order valence-corrected chi connectivity index (χ2v) is 6.65. The number of urea groups is 1. The van der Waals surface area contributed by atoms with Crippen LogP contribution in [-0.2, 0) is 0 Å². The highest BCUT2D eigenvalue weighted by atomic mass is 35.5. The van der Waals surface area contributed by atoms with Gasteiger partial charge in [0.25, 0.3) is 5.69 Å². The number of anilines is 2. The average molecular weight is 395 g/mol. The van der Waals surface area contributed by atoms with Crippen LogP contribution in [0.2, 0.25) is 10.0 Å². The van der Waals surface area contributed by atoms with E-state index in [1.807, 2.05) is 0 Å². The number of nitro benzene ring substituents is 1. The van der Waals surface area contributed by atoms with Crippen molar-refractivity contribution in [2.45, 2.75) is 0 Å². The van der Waals surface area contributed by atoms with Gasteiger partial charge in [-0.15, -0.1) is 0 Å². The fraction of sp³-hybridized carbons (Fsp3) is 0.235. The van der Waals surface area contributed by atoms with Crippen LogP contribution in [0.15, 0.2) is 42.5 Å². The molecule has 1 saturated heterocycles. The second-order valence-electron chi connectivity index (χ2n) is 5.80. The normalized spacial score (nSPS) is 14.2. The number of nitro groups is 1. The van der Waals surface area contributed by atoms with Crippen molar-refractivity contribution in [2.24, 2.45) is 0 Å². The molecule has 2 aromatic rings. The first-order valence-electron chi connectivity index (χ1n) is 7.94. The van der Waals surface area contributed by atoms with E-state index in [4.69, 9.17) is 23.2 Å². The van der Waals surface area contributed by atoms with Crippen molar-refractivity contribution in [2.75, 3.05) is 36.4 Å². The molecule has 2 aromatic carbocycles. The highest BCUT2D eigenvalue weighted by Gasteiger charge is 2.22. The molecule has 9 heteroatoms. The van der Waals surface area contributed by atoms with Crippen molar-refractivity contribution >= 4 is 46.3 Å². The van der Waals surface area contributed by atoms with Crippen LogP contribution >= 0.6 is 23.2 Å². The molecule has 2 amide bonds. The van der Waals surface area contributed by atoms with Crippen molar-refractivity contribution in [3.05, 3.63) is 62.6 Å². The number of benzene rings is 2. The first kappa shape index (κ1) is 18.3. The van der Waals surface area contributed by atoms with E-state index in [0.29, 0.717) is 41.9 Å². The summed E-state index contributed by atoms with van der Waals surface area (Å²) in [5, 5.41) is 14.4. The Bertz CT molecular complexity index is 821. The molecule has 1 aliphatic heterocycles. The largest absolute Gasteiger partial charge is 0.368 e. The number of nitrogens with one attached hydrogen (secondary N) is 1. The molecule has 0 spiro atoms. The third kappa shape index (κ3) is 4.17. The van der Waals surface area contributed by atoms with Crippen LogP contribution in [0.1, 0.15) is 0 Å². The summed E-state index contributed by atoms with van der Waals surface area (Å²) in [6.45, 7) is 2.35. The molecule has 0 aromatic heterocycles. The number of carbonyl (C=O) groups is 1. The zero-order chi connectivity index (χ0) is 18.7. The maximum atomic E-state index is 12.4. The van der Waals surface area contributed by atoms with Gasteiger partial charge in [0.05, 0.1) is 15.6 Å². The Morgan fingerprint density at radius 2 is 1.69 bits per heavy atom. The quantitative estimate of drug-likeness (QED) is 0.622. The predicted octanol–water partition coefficient (Wildman–Crippen LogP) is 4.26. The van der Waals surface area contributed by atoms with E-state index >= 15 is 0 Å². The van der Waals surface area contributed by atoms with Gasteiger partial charge in [-0.25, -0.2) is 4.79 Å². The Kier molecular flexibility index (Phi) is 5.49. The van der Waals surface area contributed by atoms with E-state index in [9.17, 15) is 14.9 Å². The van der Waals surface area contributed by atoms with Gasteiger partial charge in [0, 0.05) is 49.0 Å². The van der Waals surface area contributed by atoms with Gasteiger partial charge in [-0.2, -0.15) is 0 Å². The SMILES string of the molecule is O=C(Nc1ccc(Cl)cc1Cl)N1CCN(c2ccc([N+](=O)[O-])cc2)CC1. The third-order valence-electron chi connectivity index (χ3n) is 4.17. The molecular formula is C17H16Cl2N4O3. The summed E-state index contributed by atoms with van der Waals surface area (Å²) in [6.07, 6.45) is 0. The molecular weight excluding hydrogens is 379 g/mol. The molecule has 26 heavy (non-hydrogen) atoms. The standard InChI is InChI=1S/C17H16Cl2N4O3/c18-12-1-6-16(15(19)11-12)20-17(24)22-9-7-21(8-10-22)13-2-4-14(5-3-13)23(25)26/h1-6,11H,7-10H2,(H,20,24). The van der Waals surface area contributed by atoms with Crippen molar-refractivity contribution in [1.29, 1.82) is 0 Å². The summed E-state index contributed by atoms with van der Waals surface area (Å²) >= 11 is 11.9. The molecule has 1 heterocycles. The maximum absolute atomic E-state index is 12.4. The smallest absolute Gasteiger partial charge is 0.322 e. The van der Waals surface area contributed by atoms with Crippen molar-refractivity contribution < 1.29 is 9.72 Å². The summed E-state index contributed by atoms with van der Waals surface area (Å²) in [5.74, 6) is 0. The van der Waals surface area contributed by atoms with Gasteiger partial charge in [0.15, 0.2) is 0 Å². The van der Waals surface area contributed by atoms with Crippen molar-refractivity contribution in [3.8, 4) is 0 Å². The number of halogens is 2. The summed E-state index contributed by atoms with van der Waals surface area (Å²) in [4.78, 5) is 26.5. The van der Waals surface area contributed by atoms with E-state index in [-0.39, 0.29) is 11.7 Å². The minimum Gasteiger partial charge on any atom is -0.368 e. The van der Waals surface area contributed by atoms with Crippen LogP contribution < -0.4 is 10.2 Å². The number of amides is 2. The Hall–Kier alpha value is -2.51. The first-order valence-corrected chi connectivity index (χ1v) is 8.70. The fourth-order valence-electron chi connectivity index (χ4n) is 2.74. The minimum atomic E-state index is -0.423. The topological polar surface area (TPSA) is 78.7 Å². The van der Waals surface area contributed by atoms with Crippen molar-refractivity contribution in [1.82, 2.24) is 4.90 Å². The van der Waals surface area contributed by atoms with Gasteiger partial charge in [-0.1, -0.05) is 23.2 Å². The van der Waals surface area contributed by atoms with Crippen LogP contribution in [0.4, 0.5) is 21.9 Å². The van der Waals surface area contributed by atoms with E-state index in [1.54, 1.807) is 35.2 Å². The average Bonchev–Trinajstić information content (AvgIpc) is 2.64. The van der Waals surface area contributed by atoms with Gasteiger partial charge < -0.3 is 15.1 Å².